The van der Waals surface area contributed by atoms with Crippen LogP contribution in [0.4, 0.5) is 5.82 Å². The quantitative estimate of drug-likeness (QED) is 0.687. The van der Waals surface area contributed by atoms with E-state index in [1.807, 2.05) is 19.1 Å². The molecule has 2 aromatic rings. The molecule has 5 nitrogen and oxygen atoms in total. The molecular weight excluding hydrogens is 166 g/mol. The highest BCUT2D eigenvalue weighted by Gasteiger charge is 2.01. The SMILES string of the molecule is Cc1ccc(-n2nccc2N)nn1. The van der Waals surface area contributed by atoms with Crippen LogP contribution in [0.5, 0.6) is 0 Å². The summed E-state index contributed by atoms with van der Waals surface area (Å²) in [5.41, 5.74) is 6.51. The average molecular weight is 175 g/mol. The summed E-state index contributed by atoms with van der Waals surface area (Å²) in [6.45, 7) is 1.88. The van der Waals surface area contributed by atoms with Crippen LogP contribution in [0.2, 0.25) is 0 Å². The third kappa shape index (κ3) is 1.35. The van der Waals surface area contributed by atoms with Crippen molar-refractivity contribution in [2.45, 2.75) is 6.92 Å². The summed E-state index contributed by atoms with van der Waals surface area (Å²) in [6, 6.07) is 5.40. The maximum absolute atomic E-state index is 5.64. The standard InChI is InChI=1S/C8H9N5/c1-6-2-3-8(12-11-6)13-7(9)4-5-10-13/h2-5H,9H2,1H3. The van der Waals surface area contributed by atoms with Gasteiger partial charge in [-0.1, -0.05) is 0 Å². The Kier molecular flexibility index (Phi) is 1.70. The van der Waals surface area contributed by atoms with Gasteiger partial charge in [0.1, 0.15) is 5.82 Å². The van der Waals surface area contributed by atoms with E-state index in [1.54, 1.807) is 12.3 Å². The summed E-state index contributed by atoms with van der Waals surface area (Å²) in [7, 11) is 0. The number of nitrogens with two attached hydrogens (primary N) is 1. The molecule has 0 saturated carbocycles. The molecule has 0 radical (unpaired) electrons. The van der Waals surface area contributed by atoms with E-state index in [0.29, 0.717) is 11.6 Å². The molecule has 0 spiro atoms. The van der Waals surface area contributed by atoms with Crippen molar-refractivity contribution in [3.05, 3.63) is 30.1 Å². The zero-order chi connectivity index (χ0) is 9.26. The molecular formula is C8H9N5. The maximum atomic E-state index is 5.64. The fourth-order valence-electron chi connectivity index (χ4n) is 1.01. The molecule has 5 heteroatoms. The van der Waals surface area contributed by atoms with E-state index >= 15 is 0 Å². The Hall–Kier alpha value is -1.91. The van der Waals surface area contributed by atoms with E-state index in [4.69, 9.17) is 5.73 Å². The number of anilines is 1. The second kappa shape index (κ2) is 2.85. The molecule has 13 heavy (non-hydrogen) atoms. The lowest BCUT2D eigenvalue weighted by Gasteiger charge is -2.00. The molecule has 0 fully saturated rings. The normalized spacial score (nSPS) is 10.2. The van der Waals surface area contributed by atoms with Crippen molar-refractivity contribution in [1.29, 1.82) is 0 Å². The van der Waals surface area contributed by atoms with Crippen LogP contribution in [0.3, 0.4) is 0 Å². The Bertz CT molecular complexity index is 403. The molecule has 0 saturated heterocycles. The number of hydrogen-bond acceptors (Lipinski definition) is 4. The first-order valence-electron chi connectivity index (χ1n) is 3.87. The second-order valence-corrected chi connectivity index (χ2v) is 2.70. The monoisotopic (exact) mass is 175 g/mol. The summed E-state index contributed by atoms with van der Waals surface area (Å²) >= 11 is 0. The Morgan fingerprint density at radius 2 is 2.08 bits per heavy atom. The fourth-order valence-corrected chi connectivity index (χ4v) is 1.01. The molecule has 2 rings (SSSR count). The minimum absolute atomic E-state index is 0.554. The highest BCUT2D eigenvalue weighted by molar-refractivity contribution is 5.35. The molecule has 0 amide bonds. The minimum atomic E-state index is 0.554. The van der Waals surface area contributed by atoms with Crippen molar-refractivity contribution in [2.75, 3.05) is 5.73 Å². The number of hydrogen-bond donors (Lipinski definition) is 1. The van der Waals surface area contributed by atoms with E-state index in [1.165, 1.54) is 4.68 Å². The molecule has 2 aromatic heterocycles. The van der Waals surface area contributed by atoms with Crippen molar-refractivity contribution >= 4 is 5.82 Å². The van der Waals surface area contributed by atoms with Crippen molar-refractivity contribution < 1.29 is 0 Å². The van der Waals surface area contributed by atoms with Crippen molar-refractivity contribution in [1.82, 2.24) is 20.0 Å². The summed E-state index contributed by atoms with van der Waals surface area (Å²) in [5, 5.41) is 11.9. The van der Waals surface area contributed by atoms with E-state index in [-0.39, 0.29) is 0 Å². The largest absolute Gasteiger partial charge is 0.384 e. The smallest absolute Gasteiger partial charge is 0.177 e. The number of nitrogen functional groups attached to an aromatic ring is 1. The molecule has 0 aliphatic heterocycles. The van der Waals surface area contributed by atoms with E-state index in [9.17, 15) is 0 Å². The van der Waals surface area contributed by atoms with Crippen LogP contribution < -0.4 is 5.73 Å². The predicted molar refractivity (Wildman–Crippen MR) is 48.3 cm³/mol. The zero-order valence-corrected chi connectivity index (χ0v) is 7.18. The maximum Gasteiger partial charge on any atom is 0.177 e. The number of rotatable bonds is 1. The van der Waals surface area contributed by atoms with Gasteiger partial charge in [-0.2, -0.15) is 14.9 Å². The van der Waals surface area contributed by atoms with Gasteiger partial charge in [0.05, 0.1) is 11.9 Å². The Labute approximate surface area is 75.2 Å². The van der Waals surface area contributed by atoms with Crippen LogP contribution in [0.1, 0.15) is 5.69 Å². The first-order valence-corrected chi connectivity index (χ1v) is 3.87. The number of aromatic nitrogens is 4. The summed E-state index contributed by atoms with van der Waals surface area (Å²) < 4.78 is 1.53. The van der Waals surface area contributed by atoms with Crippen LogP contribution in [-0.4, -0.2) is 20.0 Å². The molecule has 0 bridgehead atoms. The van der Waals surface area contributed by atoms with Gasteiger partial charge in [0.25, 0.3) is 0 Å². The third-order valence-electron chi connectivity index (χ3n) is 1.67. The van der Waals surface area contributed by atoms with Gasteiger partial charge < -0.3 is 5.73 Å². The summed E-state index contributed by atoms with van der Waals surface area (Å²) in [4.78, 5) is 0. The first kappa shape index (κ1) is 7.72. The lowest BCUT2D eigenvalue weighted by atomic mass is 10.4. The summed E-state index contributed by atoms with van der Waals surface area (Å²) in [6.07, 6.45) is 1.62. The van der Waals surface area contributed by atoms with Crippen molar-refractivity contribution in [3.8, 4) is 5.82 Å². The Morgan fingerprint density at radius 3 is 2.62 bits per heavy atom. The molecule has 2 N–H and O–H groups in total. The topological polar surface area (TPSA) is 69.6 Å². The van der Waals surface area contributed by atoms with Gasteiger partial charge in [0.2, 0.25) is 0 Å². The van der Waals surface area contributed by atoms with Crippen LogP contribution >= 0.6 is 0 Å². The molecule has 0 aromatic carbocycles. The molecule has 2 heterocycles. The van der Waals surface area contributed by atoms with Crippen molar-refractivity contribution in [3.63, 3.8) is 0 Å². The van der Waals surface area contributed by atoms with Gasteiger partial charge in [-0.3, -0.25) is 0 Å². The molecule has 0 atom stereocenters. The van der Waals surface area contributed by atoms with Gasteiger partial charge in [-0.15, -0.1) is 5.10 Å². The van der Waals surface area contributed by atoms with Gasteiger partial charge in [-0.05, 0) is 19.1 Å². The van der Waals surface area contributed by atoms with E-state index in [2.05, 4.69) is 15.3 Å². The Morgan fingerprint density at radius 1 is 1.23 bits per heavy atom. The Balaban J connectivity index is 2.47. The number of nitrogens with zero attached hydrogens (tertiary/aromatic N) is 4. The highest BCUT2D eigenvalue weighted by atomic mass is 15.4. The van der Waals surface area contributed by atoms with Gasteiger partial charge >= 0.3 is 0 Å². The molecule has 66 valence electrons. The van der Waals surface area contributed by atoms with E-state index < -0.39 is 0 Å². The fraction of sp³-hybridized carbons (Fsp3) is 0.125. The zero-order valence-electron chi connectivity index (χ0n) is 7.18. The lowest BCUT2D eigenvalue weighted by Crippen LogP contribution is -2.04. The predicted octanol–water partition coefficient (Wildman–Crippen LogP) is 0.553. The van der Waals surface area contributed by atoms with Crippen LogP contribution in [-0.2, 0) is 0 Å². The minimum Gasteiger partial charge on any atom is -0.384 e. The van der Waals surface area contributed by atoms with Crippen LogP contribution in [0.25, 0.3) is 5.82 Å². The second-order valence-electron chi connectivity index (χ2n) is 2.70. The van der Waals surface area contributed by atoms with Gasteiger partial charge in [0.15, 0.2) is 5.82 Å². The first-order chi connectivity index (χ1) is 6.27. The van der Waals surface area contributed by atoms with Crippen LogP contribution in [0, 0.1) is 6.92 Å². The van der Waals surface area contributed by atoms with Crippen molar-refractivity contribution in [2.24, 2.45) is 0 Å². The molecule has 0 aliphatic rings. The average Bonchev–Trinajstić information content (AvgIpc) is 2.53. The highest BCUT2D eigenvalue weighted by Crippen LogP contribution is 2.07. The lowest BCUT2D eigenvalue weighted by molar-refractivity contribution is 0.814. The van der Waals surface area contributed by atoms with Crippen LogP contribution in [0.15, 0.2) is 24.4 Å². The summed E-state index contributed by atoms with van der Waals surface area (Å²) in [5.74, 6) is 1.19. The number of aryl methyl sites for hydroxylation is 1. The van der Waals surface area contributed by atoms with Gasteiger partial charge in [0, 0.05) is 6.07 Å². The molecule has 0 aliphatic carbocycles. The third-order valence-corrected chi connectivity index (χ3v) is 1.67. The van der Waals surface area contributed by atoms with E-state index in [0.717, 1.165) is 5.69 Å². The van der Waals surface area contributed by atoms with Gasteiger partial charge in [-0.25, -0.2) is 0 Å². The molecule has 0 unspecified atom stereocenters.